The zero-order valence-electron chi connectivity index (χ0n) is 11.6. The van der Waals surface area contributed by atoms with Crippen LogP contribution in [0.1, 0.15) is 51.4 Å². The summed E-state index contributed by atoms with van der Waals surface area (Å²) < 4.78 is 9.81. The van der Waals surface area contributed by atoms with E-state index < -0.39 is 11.9 Å². The van der Waals surface area contributed by atoms with Crippen molar-refractivity contribution in [3.05, 3.63) is 0 Å². The molecule has 6 heteroatoms. The first kappa shape index (κ1) is 17.9. The first-order chi connectivity index (χ1) is 9.70. The molecule has 0 saturated carbocycles. The molecule has 0 heterocycles. The fraction of sp³-hybridized carbons (Fsp3) is 0.714. The minimum atomic E-state index is -0.427. The van der Waals surface area contributed by atoms with Crippen molar-refractivity contribution in [2.45, 2.75) is 51.4 Å². The van der Waals surface area contributed by atoms with Crippen LogP contribution in [0.2, 0.25) is 0 Å². The lowest BCUT2D eigenvalue weighted by Gasteiger charge is -2.05. The van der Waals surface area contributed by atoms with E-state index in [4.69, 9.17) is 20.0 Å². The van der Waals surface area contributed by atoms with Gasteiger partial charge in [0, 0.05) is 12.8 Å². The monoisotopic (exact) mass is 280 g/mol. The zero-order valence-corrected chi connectivity index (χ0v) is 11.6. The average Bonchev–Trinajstić information content (AvgIpc) is 2.44. The van der Waals surface area contributed by atoms with Crippen LogP contribution in [0.25, 0.3) is 0 Å². The van der Waals surface area contributed by atoms with E-state index in [0.29, 0.717) is 38.5 Å². The normalized spacial score (nSPS) is 9.30. The summed E-state index contributed by atoms with van der Waals surface area (Å²) in [6.45, 7) is 0.563. The van der Waals surface area contributed by atoms with Crippen molar-refractivity contribution >= 4 is 11.9 Å². The van der Waals surface area contributed by atoms with Crippen molar-refractivity contribution in [3.63, 3.8) is 0 Å². The molecule has 0 N–H and O–H groups in total. The average molecular weight is 280 g/mol. The van der Waals surface area contributed by atoms with Crippen LogP contribution in [-0.4, -0.2) is 25.2 Å². The number of nitrogens with zero attached hydrogens (tertiary/aromatic N) is 2. The summed E-state index contributed by atoms with van der Waals surface area (Å²) in [6.07, 6.45) is 3.64. The van der Waals surface area contributed by atoms with E-state index in [9.17, 15) is 9.59 Å². The van der Waals surface area contributed by atoms with Crippen LogP contribution in [0.4, 0.5) is 0 Å². The molecule has 20 heavy (non-hydrogen) atoms. The Morgan fingerprint density at radius 2 is 1.15 bits per heavy atom. The van der Waals surface area contributed by atoms with Crippen molar-refractivity contribution in [1.29, 1.82) is 10.5 Å². The maximum absolute atomic E-state index is 11.3. The highest BCUT2D eigenvalue weighted by molar-refractivity contribution is 5.77. The maximum Gasteiger partial charge on any atom is 0.306 e. The summed E-state index contributed by atoms with van der Waals surface area (Å²) in [4.78, 5) is 22.5. The Morgan fingerprint density at radius 1 is 0.750 bits per heavy atom. The quantitative estimate of drug-likeness (QED) is 0.425. The SMILES string of the molecule is N#CCCCCOC(=O)CCC(=O)OCCCCC#N. The van der Waals surface area contributed by atoms with Crippen LogP contribution in [-0.2, 0) is 19.1 Å². The number of rotatable bonds is 11. The number of hydrogen-bond acceptors (Lipinski definition) is 6. The van der Waals surface area contributed by atoms with Crippen molar-refractivity contribution in [2.75, 3.05) is 13.2 Å². The van der Waals surface area contributed by atoms with Crippen LogP contribution in [0.3, 0.4) is 0 Å². The minimum absolute atomic E-state index is 0.00921. The summed E-state index contributed by atoms with van der Waals surface area (Å²) >= 11 is 0. The predicted molar refractivity (Wildman–Crippen MR) is 70.1 cm³/mol. The molecular formula is C14H20N2O4. The molecule has 0 aliphatic heterocycles. The molecule has 0 radical (unpaired) electrons. The Bertz CT molecular complexity index is 332. The number of nitriles is 2. The molecule has 0 rings (SSSR count). The third kappa shape index (κ3) is 12.4. The number of esters is 2. The smallest absolute Gasteiger partial charge is 0.306 e. The molecule has 0 aliphatic rings. The van der Waals surface area contributed by atoms with Crippen molar-refractivity contribution < 1.29 is 19.1 Å². The Labute approximate surface area is 119 Å². The van der Waals surface area contributed by atoms with Gasteiger partial charge in [0.25, 0.3) is 0 Å². The summed E-state index contributed by atoms with van der Waals surface area (Å²) in [7, 11) is 0. The van der Waals surface area contributed by atoms with Crippen LogP contribution < -0.4 is 0 Å². The summed E-state index contributed by atoms with van der Waals surface area (Å²) in [5.74, 6) is -0.855. The number of unbranched alkanes of at least 4 members (excludes halogenated alkanes) is 4. The largest absolute Gasteiger partial charge is 0.466 e. The van der Waals surface area contributed by atoms with Gasteiger partial charge in [0.2, 0.25) is 0 Å². The van der Waals surface area contributed by atoms with E-state index in [1.807, 2.05) is 12.1 Å². The van der Waals surface area contributed by atoms with Crippen molar-refractivity contribution in [1.82, 2.24) is 0 Å². The fourth-order valence-electron chi connectivity index (χ4n) is 1.33. The molecule has 0 fully saturated rings. The van der Waals surface area contributed by atoms with E-state index in [1.165, 1.54) is 0 Å². The Balaban J connectivity index is 3.42. The molecule has 6 nitrogen and oxygen atoms in total. The maximum atomic E-state index is 11.3. The van der Waals surface area contributed by atoms with Gasteiger partial charge >= 0.3 is 11.9 Å². The van der Waals surface area contributed by atoms with E-state index >= 15 is 0 Å². The highest BCUT2D eigenvalue weighted by Crippen LogP contribution is 2.01. The van der Waals surface area contributed by atoms with Crippen LogP contribution in [0.5, 0.6) is 0 Å². The molecule has 0 aliphatic carbocycles. The van der Waals surface area contributed by atoms with Gasteiger partial charge in [-0.2, -0.15) is 10.5 Å². The lowest BCUT2D eigenvalue weighted by Crippen LogP contribution is -2.11. The second-order valence-corrected chi connectivity index (χ2v) is 4.17. The lowest BCUT2D eigenvalue weighted by molar-refractivity contribution is -0.150. The third-order valence-corrected chi connectivity index (χ3v) is 2.43. The van der Waals surface area contributed by atoms with Gasteiger partial charge in [0.05, 0.1) is 38.2 Å². The van der Waals surface area contributed by atoms with Gasteiger partial charge in [-0.3, -0.25) is 9.59 Å². The van der Waals surface area contributed by atoms with Crippen LogP contribution in [0, 0.1) is 22.7 Å². The molecule has 0 amide bonds. The van der Waals surface area contributed by atoms with Gasteiger partial charge < -0.3 is 9.47 Å². The Kier molecular flexibility index (Phi) is 12.0. The minimum Gasteiger partial charge on any atom is -0.466 e. The second kappa shape index (κ2) is 13.4. The van der Waals surface area contributed by atoms with E-state index in [1.54, 1.807) is 0 Å². The highest BCUT2D eigenvalue weighted by atomic mass is 16.5. The van der Waals surface area contributed by atoms with Crippen LogP contribution in [0.15, 0.2) is 0 Å². The lowest BCUT2D eigenvalue weighted by atomic mass is 10.2. The van der Waals surface area contributed by atoms with Crippen LogP contribution >= 0.6 is 0 Å². The zero-order chi connectivity index (χ0) is 15.1. The highest BCUT2D eigenvalue weighted by Gasteiger charge is 2.08. The molecule has 0 spiro atoms. The second-order valence-electron chi connectivity index (χ2n) is 4.17. The summed E-state index contributed by atoms with van der Waals surface area (Å²) in [5.41, 5.74) is 0. The number of carbonyl (C=O) groups excluding carboxylic acids is 2. The molecule has 0 atom stereocenters. The van der Waals surface area contributed by atoms with Crippen molar-refractivity contribution in [3.8, 4) is 12.1 Å². The summed E-state index contributed by atoms with van der Waals surface area (Å²) in [5, 5.41) is 16.6. The molecule has 0 aromatic carbocycles. The van der Waals surface area contributed by atoms with Gasteiger partial charge in [-0.1, -0.05) is 0 Å². The first-order valence-corrected chi connectivity index (χ1v) is 6.76. The van der Waals surface area contributed by atoms with Gasteiger partial charge in [0.15, 0.2) is 0 Å². The Morgan fingerprint density at radius 3 is 1.50 bits per heavy atom. The molecule has 0 aromatic rings. The standard InChI is InChI=1S/C14H20N2O4/c15-9-3-1-5-11-19-13(17)7-8-14(18)20-12-6-2-4-10-16/h1-8,11-12H2. The fourth-order valence-corrected chi connectivity index (χ4v) is 1.33. The third-order valence-electron chi connectivity index (χ3n) is 2.43. The van der Waals surface area contributed by atoms with E-state index in [2.05, 4.69) is 0 Å². The van der Waals surface area contributed by atoms with E-state index in [-0.39, 0.29) is 26.1 Å². The first-order valence-electron chi connectivity index (χ1n) is 6.76. The number of ether oxygens (including phenoxy) is 2. The van der Waals surface area contributed by atoms with Gasteiger partial charge in [-0.25, -0.2) is 0 Å². The molecule has 0 aromatic heterocycles. The van der Waals surface area contributed by atoms with E-state index in [0.717, 1.165) is 0 Å². The Hall–Kier alpha value is -2.08. The molecule has 110 valence electrons. The van der Waals surface area contributed by atoms with Gasteiger partial charge in [0.1, 0.15) is 0 Å². The summed E-state index contributed by atoms with van der Waals surface area (Å²) in [6, 6.07) is 4.02. The predicted octanol–water partition coefficient (Wildman–Crippen LogP) is 2.24. The van der Waals surface area contributed by atoms with Crippen molar-refractivity contribution in [2.24, 2.45) is 0 Å². The molecule has 0 unspecified atom stereocenters. The molecule has 0 bridgehead atoms. The van der Waals surface area contributed by atoms with Gasteiger partial charge in [-0.15, -0.1) is 0 Å². The number of hydrogen-bond donors (Lipinski definition) is 0. The number of carbonyl (C=O) groups is 2. The topological polar surface area (TPSA) is 100 Å². The van der Waals surface area contributed by atoms with Gasteiger partial charge in [-0.05, 0) is 25.7 Å². The molecular weight excluding hydrogens is 260 g/mol. The molecule has 0 saturated heterocycles.